The summed E-state index contributed by atoms with van der Waals surface area (Å²) in [5, 5.41) is 15.4. The minimum absolute atomic E-state index is 0.00335. The molecule has 5 rings (SSSR count). The largest absolute Gasteiger partial charge is 0.480 e. The average molecular weight is 472 g/mol. The number of ether oxygens (including phenoxy) is 1. The monoisotopic (exact) mass is 471 g/mol. The fourth-order valence-electron chi connectivity index (χ4n) is 6.69. The van der Waals surface area contributed by atoms with Crippen LogP contribution in [0.1, 0.15) is 44.1 Å². The predicted octanol–water partition coefficient (Wildman–Crippen LogP) is 2.19. The van der Waals surface area contributed by atoms with E-state index in [9.17, 15) is 24.3 Å². The molecule has 0 radical (unpaired) electrons. The van der Waals surface area contributed by atoms with Gasteiger partial charge in [-0.1, -0.05) is 12.1 Å². The normalized spacial score (nSPS) is 29.7. The van der Waals surface area contributed by atoms with Crippen molar-refractivity contribution in [1.82, 2.24) is 15.5 Å². The summed E-state index contributed by atoms with van der Waals surface area (Å²) in [4.78, 5) is 51.3. The van der Waals surface area contributed by atoms with Crippen LogP contribution in [0.15, 0.2) is 24.3 Å². The van der Waals surface area contributed by atoms with E-state index in [1.165, 1.54) is 4.90 Å². The van der Waals surface area contributed by atoms with Gasteiger partial charge >= 0.3 is 12.1 Å². The number of aliphatic carboxylic acids is 1. The van der Waals surface area contributed by atoms with Crippen molar-refractivity contribution in [3.8, 4) is 5.75 Å². The minimum atomic E-state index is -1.11. The van der Waals surface area contributed by atoms with E-state index in [-0.39, 0.29) is 18.2 Å². The van der Waals surface area contributed by atoms with Crippen LogP contribution in [0.4, 0.5) is 4.79 Å². The molecule has 1 aromatic carbocycles. The standard InChI is InChI=1S/C25H33N3O6/c1-26-21(31)24-10-16-8-17(11-24)13-25(12-16,14-24)22(32)27-19(20(29)30)9-15-4-6-18(7-5-15)34-23(33)28(2)3/h4-7,16-17,19H,8-14H2,1-3H3,(H,26,31)(H,27,32)(H,29,30)/t16?,17?,19-,24?,25?/m0/s1. The first-order valence-electron chi connectivity index (χ1n) is 11.8. The summed E-state index contributed by atoms with van der Waals surface area (Å²) < 4.78 is 5.19. The Balaban J connectivity index is 1.46. The lowest BCUT2D eigenvalue weighted by Gasteiger charge is -2.60. The van der Waals surface area contributed by atoms with Crippen LogP contribution in [-0.2, 0) is 20.8 Å². The lowest BCUT2D eigenvalue weighted by molar-refractivity contribution is -0.168. The Morgan fingerprint density at radius 1 is 1.03 bits per heavy atom. The van der Waals surface area contributed by atoms with Crippen molar-refractivity contribution in [2.24, 2.45) is 22.7 Å². The highest BCUT2D eigenvalue weighted by atomic mass is 16.6. The Morgan fingerprint density at radius 2 is 1.59 bits per heavy atom. The number of nitrogens with zero attached hydrogens (tertiary/aromatic N) is 1. The molecule has 4 bridgehead atoms. The molecule has 0 spiro atoms. The van der Waals surface area contributed by atoms with Crippen LogP contribution in [0.3, 0.4) is 0 Å². The third kappa shape index (κ3) is 4.48. The summed E-state index contributed by atoms with van der Waals surface area (Å²) in [5.41, 5.74) is -0.506. The zero-order valence-electron chi connectivity index (χ0n) is 19.9. The van der Waals surface area contributed by atoms with Crippen LogP contribution >= 0.6 is 0 Å². The molecule has 9 heteroatoms. The second kappa shape index (κ2) is 8.92. The first-order chi connectivity index (χ1) is 16.1. The number of carbonyl (C=O) groups excluding carboxylic acids is 3. The van der Waals surface area contributed by atoms with Crippen LogP contribution in [0.5, 0.6) is 5.75 Å². The van der Waals surface area contributed by atoms with Gasteiger partial charge in [-0.15, -0.1) is 0 Å². The Bertz CT molecular complexity index is 975. The number of carbonyl (C=O) groups is 4. The third-order valence-corrected chi connectivity index (χ3v) is 7.79. The van der Waals surface area contributed by atoms with Crippen LogP contribution in [0, 0.1) is 22.7 Å². The molecule has 9 nitrogen and oxygen atoms in total. The smallest absolute Gasteiger partial charge is 0.414 e. The zero-order valence-corrected chi connectivity index (χ0v) is 19.9. The van der Waals surface area contributed by atoms with E-state index in [0.29, 0.717) is 42.4 Å². The van der Waals surface area contributed by atoms with Crippen molar-refractivity contribution in [3.63, 3.8) is 0 Å². The van der Waals surface area contributed by atoms with Crippen LogP contribution < -0.4 is 15.4 Å². The summed E-state index contributed by atoms with van der Waals surface area (Å²) in [5.74, 6) is -0.356. The van der Waals surface area contributed by atoms with Gasteiger partial charge in [0.25, 0.3) is 0 Å². The molecule has 3 amide bonds. The molecule has 3 N–H and O–H groups in total. The molecular weight excluding hydrogens is 438 g/mol. The fourth-order valence-corrected chi connectivity index (χ4v) is 6.69. The van der Waals surface area contributed by atoms with E-state index in [1.54, 1.807) is 45.4 Å². The number of carboxylic acid groups (broad SMARTS) is 1. The quantitative estimate of drug-likeness (QED) is 0.560. The highest BCUT2D eigenvalue weighted by Gasteiger charge is 2.63. The number of rotatable bonds is 7. The first-order valence-corrected chi connectivity index (χ1v) is 11.8. The molecule has 4 aliphatic carbocycles. The lowest BCUT2D eigenvalue weighted by Crippen LogP contribution is -2.62. The topological polar surface area (TPSA) is 125 Å². The fraction of sp³-hybridized carbons (Fsp3) is 0.600. The summed E-state index contributed by atoms with van der Waals surface area (Å²) in [6.45, 7) is 0. The van der Waals surface area contributed by atoms with Gasteiger partial charge in [0.1, 0.15) is 11.8 Å². The van der Waals surface area contributed by atoms with Crippen molar-refractivity contribution >= 4 is 23.9 Å². The number of carboxylic acids is 1. The molecule has 2 unspecified atom stereocenters. The van der Waals surface area contributed by atoms with E-state index >= 15 is 0 Å². The van der Waals surface area contributed by atoms with E-state index in [2.05, 4.69) is 10.6 Å². The highest BCUT2D eigenvalue weighted by molar-refractivity contribution is 5.90. The summed E-state index contributed by atoms with van der Waals surface area (Å²) in [7, 11) is 4.80. The number of benzene rings is 1. The molecule has 184 valence electrons. The average Bonchev–Trinajstić information content (AvgIpc) is 2.78. The third-order valence-electron chi connectivity index (χ3n) is 7.79. The van der Waals surface area contributed by atoms with Crippen molar-refractivity contribution in [2.45, 2.75) is 51.0 Å². The van der Waals surface area contributed by atoms with Gasteiger partial charge < -0.3 is 25.4 Å². The van der Waals surface area contributed by atoms with Gasteiger partial charge in [0.05, 0.1) is 10.8 Å². The molecule has 0 heterocycles. The number of hydrogen-bond acceptors (Lipinski definition) is 5. The number of hydrogen-bond donors (Lipinski definition) is 3. The van der Waals surface area contributed by atoms with Gasteiger partial charge in [0.2, 0.25) is 11.8 Å². The second-order valence-corrected chi connectivity index (χ2v) is 10.6. The zero-order chi connectivity index (χ0) is 24.7. The Kier molecular flexibility index (Phi) is 6.31. The number of nitrogens with one attached hydrogen (secondary N) is 2. The summed E-state index contributed by atoms with van der Waals surface area (Å²) in [6, 6.07) is 5.48. The molecule has 1 aromatic rings. The molecule has 3 atom stereocenters. The molecule has 0 aliphatic heterocycles. The Hall–Kier alpha value is -3.10. The van der Waals surface area contributed by atoms with E-state index < -0.39 is 28.9 Å². The molecule has 4 saturated carbocycles. The summed E-state index contributed by atoms with van der Waals surface area (Å²) in [6.07, 6.45) is 4.17. The van der Waals surface area contributed by atoms with Crippen molar-refractivity contribution in [3.05, 3.63) is 29.8 Å². The minimum Gasteiger partial charge on any atom is -0.480 e. The SMILES string of the molecule is CNC(=O)C12CC3CC(C1)CC(C(=O)N[C@@H](Cc1ccc(OC(=O)N(C)C)cc1)C(=O)O)(C3)C2. The maximum Gasteiger partial charge on any atom is 0.414 e. The van der Waals surface area contributed by atoms with Gasteiger partial charge in [-0.05, 0) is 68.1 Å². The van der Waals surface area contributed by atoms with Crippen LogP contribution in [0.2, 0.25) is 0 Å². The Morgan fingerprint density at radius 3 is 2.09 bits per heavy atom. The molecule has 4 aliphatic rings. The Labute approximate surface area is 199 Å². The predicted molar refractivity (Wildman–Crippen MR) is 123 cm³/mol. The van der Waals surface area contributed by atoms with Crippen molar-refractivity contribution in [1.29, 1.82) is 0 Å². The van der Waals surface area contributed by atoms with Gasteiger partial charge in [-0.2, -0.15) is 0 Å². The van der Waals surface area contributed by atoms with Gasteiger partial charge in [0.15, 0.2) is 0 Å². The van der Waals surface area contributed by atoms with Gasteiger partial charge in [0, 0.05) is 27.6 Å². The maximum absolute atomic E-state index is 13.5. The second-order valence-electron chi connectivity index (χ2n) is 10.6. The molecule has 0 saturated heterocycles. The van der Waals surface area contributed by atoms with Crippen molar-refractivity contribution in [2.75, 3.05) is 21.1 Å². The van der Waals surface area contributed by atoms with E-state index in [1.807, 2.05) is 0 Å². The highest BCUT2D eigenvalue weighted by Crippen LogP contribution is 2.65. The van der Waals surface area contributed by atoms with E-state index in [4.69, 9.17) is 4.74 Å². The van der Waals surface area contributed by atoms with E-state index in [0.717, 1.165) is 19.3 Å². The molecule has 4 fully saturated rings. The molecule has 34 heavy (non-hydrogen) atoms. The number of amides is 3. The lowest BCUT2D eigenvalue weighted by atomic mass is 9.43. The van der Waals surface area contributed by atoms with Gasteiger partial charge in [-0.3, -0.25) is 9.59 Å². The molecule has 0 aromatic heterocycles. The van der Waals surface area contributed by atoms with Crippen LogP contribution in [-0.4, -0.2) is 61.1 Å². The molecular formula is C25H33N3O6. The van der Waals surface area contributed by atoms with Gasteiger partial charge in [-0.25, -0.2) is 9.59 Å². The first kappa shape index (κ1) is 24.0. The maximum atomic E-state index is 13.5. The van der Waals surface area contributed by atoms with Crippen LogP contribution in [0.25, 0.3) is 0 Å². The van der Waals surface area contributed by atoms with Crippen molar-refractivity contribution < 1.29 is 29.0 Å². The summed E-state index contributed by atoms with van der Waals surface area (Å²) >= 11 is 0.